The van der Waals surface area contributed by atoms with Crippen LogP contribution in [-0.4, -0.2) is 27.5 Å². The van der Waals surface area contributed by atoms with Crippen LogP contribution in [0.2, 0.25) is 0 Å². The Morgan fingerprint density at radius 3 is 2.50 bits per heavy atom. The minimum absolute atomic E-state index is 0.274. The van der Waals surface area contributed by atoms with E-state index in [9.17, 15) is 9.90 Å². The molecule has 0 radical (unpaired) electrons. The van der Waals surface area contributed by atoms with E-state index in [1.165, 1.54) is 0 Å². The molecule has 108 valence electrons. The second-order valence-corrected chi connectivity index (χ2v) is 5.99. The number of hydrazone groups is 1. The molecular weight excluding hydrogens is 256 g/mol. The first-order valence-corrected chi connectivity index (χ1v) is 6.57. The summed E-state index contributed by atoms with van der Waals surface area (Å²) < 4.78 is 5.31. The molecule has 1 atom stereocenters. The van der Waals surface area contributed by atoms with Crippen LogP contribution in [0.25, 0.3) is 0 Å². The molecule has 5 heteroatoms. The van der Waals surface area contributed by atoms with Gasteiger partial charge in [0.2, 0.25) is 0 Å². The standard InChI is InChI=1S/C15H20N2O3/c1-11-10-15(19,12-8-6-5-7-9-12)17(16-11)13(18)20-14(2,3)4/h5-9,19H,10H2,1-4H3/t15-/m1/s1. The maximum absolute atomic E-state index is 12.2. The van der Waals surface area contributed by atoms with E-state index >= 15 is 0 Å². The van der Waals surface area contributed by atoms with Gasteiger partial charge in [0.25, 0.3) is 0 Å². The SMILES string of the molecule is CC1=NN(C(=O)OC(C)(C)C)[C@](O)(c2ccccc2)C1. The zero-order chi connectivity index (χ0) is 15.0. The number of benzene rings is 1. The van der Waals surface area contributed by atoms with Crippen molar-refractivity contribution in [3.63, 3.8) is 0 Å². The normalized spacial score (nSPS) is 22.6. The summed E-state index contributed by atoms with van der Waals surface area (Å²) in [5, 5.41) is 16.0. The van der Waals surface area contributed by atoms with Gasteiger partial charge in [0.1, 0.15) is 5.60 Å². The van der Waals surface area contributed by atoms with E-state index < -0.39 is 17.4 Å². The van der Waals surface area contributed by atoms with E-state index in [1.807, 2.05) is 18.2 Å². The molecule has 1 N–H and O–H groups in total. The number of hydrogen-bond acceptors (Lipinski definition) is 4. The predicted octanol–water partition coefficient (Wildman–Crippen LogP) is 2.85. The van der Waals surface area contributed by atoms with Crippen molar-refractivity contribution in [1.82, 2.24) is 5.01 Å². The number of carbonyl (C=O) groups is 1. The Kier molecular flexibility index (Phi) is 3.56. The fraction of sp³-hybridized carbons (Fsp3) is 0.467. The number of rotatable bonds is 1. The van der Waals surface area contributed by atoms with E-state index in [2.05, 4.69) is 5.10 Å². The fourth-order valence-corrected chi connectivity index (χ4v) is 2.15. The van der Waals surface area contributed by atoms with Gasteiger partial charge in [0.15, 0.2) is 5.72 Å². The molecule has 0 aliphatic carbocycles. The average Bonchev–Trinajstić information content (AvgIpc) is 2.65. The number of amides is 1. The highest BCUT2D eigenvalue weighted by Gasteiger charge is 2.46. The van der Waals surface area contributed by atoms with Gasteiger partial charge < -0.3 is 9.84 Å². The first kappa shape index (κ1) is 14.5. The summed E-state index contributed by atoms with van der Waals surface area (Å²) in [6, 6.07) is 9.02. The first-order valence-electron chi connectivity index (χ1n) is 6.57. The van der Waals surface area contributed by atoms with Crippen molar-refractivity contribution in [2.24, 2.45) is 5.10 Å². The molecule has 0 spiro atoms. The van der Waals surface area contributed by atoms with Gasteiger partial charge in [-0.25, -0.2) is 4.79 Å². The lowest BCUT2D eigenvalue weighted by molar-refractivity contribution is -0.0975. The largest absolute Gasteiger partial charge is 0.442 e. The quantitative estimate of drug-likeness (QED) is 0.858. The molecule has 1 heterocycles. The van der Waals surface area contributed by atoms with Crippen molar-refractivity contribution in [3.05, 3.63) is 35.9 Å². The molecule has 2 rings (SSSR count). The van der Waals surface area contributed by atoms with Crippen molar-refractivity contribution < 1.29 is 14.6 Å². The third kappa shape index (κ3) is 2.82. The van der Waals surface area contributed by atoms with Crippen molar-refractivity contribution in [1.29, 1.82) is 0 Å². The van der Waals surface area contributed by atoms with Crippen LogP contribution < -0.4 is 0 Å². The monoisotopic (exact) mass is 276 g/mol. The van der Waals surface area contributed by atoms with Gasteiger partial charge in [-0.1, -0.05) is 30.3 Å². The van der Waals surface area contributed by atoms with Gasteiger partial charge in [0, 0.05) is 17.7 Å². The Morgan fingerprint density at radius 2 is 1.95 bits per heavy atom. The highest BCUT2D eigenvalue weighted by atomic mass is 16.6. The summed E-state index contributed by atoms with van der Waals surface area (Å²) in [4.78, 5) is 12.2. The maximum Gasteiger partial charge on any atom is 0.433 e. The Hall–Kier alpha value is -1.88. The molecule has 1 aromatic carbocycles. The average molecular weight is 276 g/mol. The molecule has 0 unspecified atom stereocenters. The third-order valence-corrected chi connectivity index (χ3v) is 2.93. The minimum atomic E-state index is -1.48. The zero-order valence-electron chi connectivity index (χ0n) is 12.3. The second-order valence-electron chi connectivity index (χ2n) is 5.99. The fourth-order valence-electron chi connectivity index (χ4n) is 2.15. The zero-order valence-corrected chi connectivity index (χ0v) is 12.3. The van der Waals surface area contributed by atoms with E-state index in [-0.39, 0.29) is 6.42 Å². The maximum atomic E-state index is 12.2. The highest BCUT2D eigenvalue weighted by molar-refractivity contribution is 5.87. The Bertz CT molecular complexity index is 534. The number of carbonyl (C=O) groups excluding carboxylic acids is 1. The van der Waals surface area contributed by atoms with Gasteiger partial charge in [-0.15, -0.1) is 0 Å². The molecule has 0 aromatic heterocycles. The van der Waals surface area contributed by atoms with Crippen LogP contribution in [0.5, 0.6) is 0 Å². The topological polar surface area (TPSA) is 62.1 Å². The summed E-state index contributed by atoms with van der Waals surface area (Å²) in [5.41, 5.74) is -0.817. The lowest BCUT2D eigenvalue weighted by atomic mass is 9.98. The van der Waals surface area contributed by atoms with Crippen LogP contribution in [0, 0.1) is 0 Å². The molecule has 5 nitrogen and oxygen atoms in total. The Morgan fingerprint density at radius 1 is 1.35 bits per heavy atom. The van der Waals surface area contributed by atoms with Crippen molar-refractivity contribution in [2.45, 2.75) is 45.4 Å². The molecule has 0 fully saturated rings. The number of aliphatic hydroxyl groups is 1. The van der Waals surface area contributed by atoms with E-state index in [4.69, 9.17) is 4.74 Å². The lowest BCUT2D eigenvalue weighted by Gasteiger charge is -2.32. The second kappa shape index (κ2) is 4.90. The molecule has 1 aliphatic rings. The molecule has 20 heavy (non-hydrogen) atoms. The van der Waals surface area contributed by atoms with Gasteiger partial charge in [-0.05, 0) is 27.7 Å². The summed E-state index contributed by atoms with van der Waals surface area (Å²) in [5.74, 6) is 0. The van der Waals surface area contributed by atoms with Crippen LogP contribution >= 0.6 is 0 Å². The van der Waals surface area contributed by atoms with Crippen molar-refractivity contribution >= 4 is 11.8 Å². The number of hydrogen-bond donors (Lipinski definition) is 1. The van der Waals surface area contributed by atoms with Crippen molar-refractivity contribution in [2.75, 3.05) is 0 Å². The van der Waals surface area contributed by atoms with Crippen LogP contribution in [0.4, 0.5) is 4.79 Å². The molecule has 1 amide bonds. The number of nitrogens with zero attached hydrogens (tertiary/aromatic N) is 2. The Labute approximate surface area is 118 Å². The lowest BCUT2D eigenvalue weighted by Crippen LogP contribution is -2.45. The van der Waals surface area contributed by atoms with Crippen LogP contribution in [0.3, 0.4) is 0 Å². The first-order chi connectivity index (χ1) is 9.22. The minimum Gasteiger partial charge on any atom is -0.442 e. The molecule has 0 bridgehead atoms. The molecule has 1 aromatic rings. The van der Waals surface area contributed by atoms with Gasteiger partial charge in [-0.2, -0.15) is 10.1 Å². The number of ether oxygens (including phenoxy) is 1. The predicted molar refractivity (Wildman–Crippen MR) is 76.1 cm³/mol. The molecular formula is C15H20N2O3. The molecule has 0 saturated heterocycles. The van der Waals surface area contributed by atoms with Crippen LogP contribution in [-0.2, 0) is 10.5 Å². The van der Waals surface area contributed by atoms with Gasteiger partial charge in [0.05, 0.1) is 0 Å². The highest BCUT2D eigenvalue weighted by Crippen LogP contribution is 2.36. The van der Waals surface area contributed by atoms with Gasteiger partial charge in [-0.3, -0.25) is 0 Å². The van der Waals surface area contributed by atoms with Gasteiger partial charge >= 0.3 is 6.09 Å². The summed E-state index contributed by atoms with van der Waals surface area (Å²) in [7, 11) is 0. The Balaban J connectivity index is 2.32. The smallest absolute Gasteiger partial charge is 0.433 e. The van der Waals surface area contributed by atoms with E-state index in [0.717, 1.165) is 5.01 Å². The van der Waals surface area contributed by atoms with Crippen LogP contribution in [0.1, 0.15) is 39.7 Å². The molecule has 0 saturated carbocycles. The summed E-state index contributed by atoms with van der Waals surface area (Å²) >= 11 is 0. The van der Waals surface area contributed by atoms with E-state index in [0.29, 0.717) is 11.3 Å². The summed E-state index contributed by atoms with van der Waals surface area (Å²) in [6.45, 7) is 7.11. The third-order valence-electron chi connectivity index (χ3n) is 2.93. The van der Waals surface area contributed by atoms with Crippen molar-refractivity contribution in [3.8, 4) is 0 Å². The molecule has 1 aliphatic heterocycles. The van der Waals surface area contributed by atoms with Crippen LogP contribution in [0.15, 0.2) is 35.4 Å². The van der Waals surface area contributed by atoms with E-state index in [1.54, 1.807) is 39.8 Å². The summed E-state index contributed by atoms with van der Waals surface area (Å²) in [6.07, 6.45) is -0.378.